The van der Waals surface area contributed by atoms with Crippen molar-refractivity contribution in [2.24, 2.45) is 0 Å². The van der Waals surface area contributed by atoms with Crippen molar-refractivity contribution >= 4 is 5.95 Å². The van der Waals surface area contributed by atoms with Gasteiger partial charge in [-0.1, -0.05) is 30.3 Å². The molecule has 1 atom stereocenters. The van der Waals surface area contributed by atoms with Crippen LogP contribution >= 0.6 is 0 Å². The molecule has 1 heterocycles. The average Bonchev–Trinajstić information content (AvgIpc) is 2.38. The van der Waals surface area contributed by atoms with Crippen LogP contribution in [-0.4, -0.2) is 9.97 Å². The molecule has 2 rings (SSSR count). The number of benzene rings is 1. The van der Waals surface area contributed by atoms with Gasteiger partial charge >= 0.3 is 0 Å². The van der Waals surface area contributed by atoms with Gasteiger partial charge in [-0.2, -0.15) is 5.26 Å². The summed E-state index contributed by atoms with van der Waals surface area (Å²) in [5.74, 6) is 0.456. The van der Waals surface area contributed by atoms with E-state index in [1.807, 2.05) is 30.3 Å². The lowest BCUT2D eigenvalue weighted by atomic mass is 10.1. The van der Waals surface area contributed by atoms with Crippen molar-refractivity contribution in [1.29, 1.82) is 5.26 Å². The van der Waals surface area contributed by atoms with Crippen molar-refractivity contribution in [3.05, 3.63) is 54.4 Å². The van der Waals surface area contributed by atoms with Gasteiger partial charge in [-0.25, -0.2) is 9.97 Å². The highest BCUT2D eigenvalue weighted by Gasteiger charge is 2.10. The lowest BCUT2D eigenvalue weighted by molar-refractivity contribution is 0.955. The summed E-state index contributed by atoms with van der Waals surface area (Å²) in [5, 5.41) is 12.0. The van der Waals surface area contributed by atoms with Gasteiger partial charge in [-0.05, 0) is 11.6 Å². The number of hydrogen-bond donors (Lipinski definition) is 1. The van der Waals surface area contributed by atoms with Gasteiger partial charge in [0.25, 0.3) is 0 Å². The number of nitrogens with zero attached hydrogens (tertiary/aromatic N) is 3. The van der Waals surface area contributed by atoms with Crippen LogP contribution in [0.2, 0.25) is 0 Å². The number of nitriles is 1. The van der Waals surface area contributed by atoms with Crippen LogP contribution < -0.4 is 5.32 Å². The number of anilines is 1. The summed E-state index contributed by atoms with van der Waals surface area (Å²) in [7, 11) is 0. The molecule has 0 bridgehead atoms. The van der Waals surface area contributed by atoms with E-state index < -0.39 is 6.04 Å². The van der Waals surface area contributed by atoms with Crippen LogP contribution in [0.15, 0.2) is 48.8 Å². The molecular formula is C12H10N4. The van der Waals surface area contributed by atoms with Crippen LogP contribution in [0.25, 0.3) is 0 Å². The minimum Gasteiger partial charge on any atom is -0.335 e. The van der Waals surface area contributed by atoms with Crippen molar-refractivity contribution in [2.45, 2.75) is 6.04 Å². The highest BCUT2D eigenvalue weighted by Crippen LogP contribution is 2.15. The first-order valence-corrected chi connectivity index (χ1v) is 4.88. The van der Waals surface area contributed by atoms with Crippen molar-refractivity contribution in [3.8, 4) is 6.07 Å². The Kier molecular flexibility index (Phi) is 3.10. The Morgan fingerprint density at radius 2 is 1.75 bits per heavy atom. The minimum absolute atomic E-state index is 0.427. The van der Waals surface area contributed by atoms with Crippen LogP contribution in [0.4, 0.5) is 5.95 Å². The monoisotopic (exact) mass is 210 g/mol. The summed E-state index contributed by atoms with van der Waals surface area (Å²) < 4.78 is 0. The second-order valence-corrected chi connectivity index (χ2v) is 3.19. The van der Waals surface area contributed by atoms with Crippen LogP contribution in [0.1, 0.15) is 11.6 Å². The SMILES string of the molecule is N#C[C@@H](Nc1ncccn1)c1ccccc1. The Morgan fingerprint density at radius 3 is 2.38 bits per heavy atom. The third kappa shape index (κ3) is 2.34. The predicted molar refractivity (Wildman–Crippen MR) is 60.5 cm³/mol. The standard InChI is InChI=1S/C12H10N4/c13-9-11(10-5-2-1-3-6-10)16-12-14-7-4-8-15-12/h1-8,11H,(H,14,15,16)/t11-/m1/s1. The van der Waals surface area contributed by atoms with E-state index in [9.17, 15) is 0 Å². The van der Waals surface area contributed by atoms with Crippen molar-refractivity contribution < 1.29 is 0 Å². The van der Waals surface area contributed by atoms with E-state index >= 15 is 0 Å². The molecule has 1 N–H and O–H groups in total. The summed E-state index contributed by atoms with van der Waals surface area (Å²) in [5.41, 5.74) is 0.900. The van der Waals surface area contributed by atoms with Crippen molar-refractivity contribution in [2.75, 3.05) is 5.32 Å². The average molecular weight is 210 g/mol. The second-order valence-electron chi connectivity index (χ2n) is 3.19. The molecule has 4 heteroatoms. The lowest BCUT2D eigenvalue weighted by Gasteiger charge is -2.10. The highest BCUT2D eigenvalue weighted by atomic mass is 15.1. The van der Waals surface area contributed by atoms with E-state index in [0.717, 1.165) is 5.56 Å². The molecule has 4 nitrogen and oxygen atoms in total. The molecule has 1 aromatic heterocycles. The van der Waals surface area contributed by atoms with E-state index in [1.54, 1.807) is 18.5 Å². The second kappa shape index (κ2) is 4.89. The Hall–Kier alpha value is -2.41. The zero-order valence-corrected chi connectivity index (χ0v) is 8.54. The molecule has 0 spiro atoms. The molecule has 0 unspecified atom stereocenters. The summed E-state index contributed by atoms with van der Waals surface area (Å²) in [6.07, 6.45) is 3.27. The van der Waals surface area contributed by atoms with Crippen LogP contribution in [-0.2, 0) is 0 Å². The smallest absolute Gasteiger partial charge is 0.223 e. The Balaban J connectivity index is 2.17. The van der Waals surface area contributed by atoms with Crippen molar-refractivity contribution in [3.63, 3.8) is 0 Å². The van der Waals surface area contributed by atoms with Crippen LogP contribution in [0.3, 0.4) is 0 Å². The first-order chi connectivity index (χ1) is 7.90. The topological polar surface area (TPSA) is 61.6 Å². The zero-order valence-electron chi connectivity index (χ0n) is 8.54. The molecule has 0 saturated heterocycles. The number of hydrogen-bond acceptors (Lipinski definition) is 4. The van der Waals surface area contributed by atoms with E-state index in [-0.39, 0.29) is 0 Å². The molecule has 16 heavy (non-hydrogen) atoms. The maximum Gasteiger partial charge on any atom is 0.223 e. The summed E-state index contributed by atoms with van der Waals surface area (Å²) in [6.45, 7) is 0. The fourth-order valence-electron chi connectivity index (χ4n) is 1.34. The fraction of sp³-hybridized carbons (Fsp3) is 0.0833. The molecule has 0 aliphatic rings. The van der Waals surface area contributed by atoms with Gasteiger partial charge in [0.2, 0.25) is 5.95 Å². The Bertz CT molecular complexity index is 475. The predicted octanol–water partition coefficient (Wildman–Crippen LogP) is 2.15. The third-order valence-corrected chi connectivity index (χ3v) is 2.10. The molecule has 0 fully saturated rings. The Morgan fingerprint density at radius 1 is 1.06 bits per heavy atom. The first kappa shape index (κ1) is 10.1. The van der Waals surface area contributed by atoms with Gasteiger partial charge in [-0.15, -0.1) is 0 Å². The quantitative estimate of drug-likeness (QED) is 0.843. The van der Waals surface area contributed by atoms with Gasteiger partial charge < -0.3 is 5.32 Å². The molecular weight excluding hydrogens is 200 g/mol. The minimum atomic E-state index is -0.427. The summed E-state index contributed by atoms with van der Waals surface area (Å²) >= 11 is 0. The number of rotatable bonds is 3. The maximum absolute atomic E-state index is 9.07. The van der Waals surface area contributed by atoms with E-state index in [0.29, 0.717) is 5.95 Å². The normalized spacial score (nSPS) is 11.4. The summed E-state index contributed by atoms with van der Waals surface area (Å²) in [6, 6.07) is 13.0. The molecule has 0 saturated carbocycles. The van der Waals surface area contributed by atoms with Crippen LogP contribution in [0, 0.1) is 11.3 Å². The molecule has 0 aliphatic heterocycles. The van der Waals surface area contributed by atoms with Gasteiger partial charge in [0.05, 0.1) is 6.07 Å². The molecule has 0 amide bonds. The number of nitrogens with one attached hydrogen (secondary N) is 1. The lowest BCUT2D eigenvalue weighted by Crippen LogP contribution is -2.10. The van der Waals surface area contributed by atoms with E-state index in [4.69, 9.17) is 5.26 Å². The largest absolute Gasteiger partial charge is 0.335 e. The Labute approximate surface area is 93.6 Å². The maximum atomic E-state index is 9.07. The van der Waals surface area contributed by atoms with Crippen molar-refractivity contribution in [1.82, 2.24) is 9.97 Å². The van der Waals surface area contributed by atoms with Gasteiger partial charge in [-0.3, -0.25) is 0 Å². The summed E-state index contributed by atoms with van der Waals surface area (Å²) in [4.78, 5) is 8.04. The fourth-order valence-corrected chi connectivity index (χ4v) is 1.34. The van der Waals surface area contributed by atoms with Gasteiger partial charge in [0.1, 0.15) is 6.04 Å². The molecule has 1 aromatic carbocycles. The molecule has 2 aromatic rings. The van der Waals surface area contributed by atoms with E-state index in [2.05, 4.69) is 21.4 Å². The zero-order chi connectivity index (χ0) is 11.2. The van der Waals surface area contributed by atoms with Gasteiger partial charge in [0.15, 0.2) is 0 Å². The first-order valence-electron chi connectivity index (χ1n) is 4.88. The molecule has 78 valence electrons. The van der Waals surface area contributed by atoms with E-state index in [1.165, 1.54) is 0 Å². The van der Waals surface area contributed by atoms with Crippen LogP contribution in [0.5, 0.6) is 0 Å². The number of aromatic nitrogens is 2. The molecule has 0 radical (unpaired) electrons. The highest BCUT2D eigenvalue weighted by molar-refractivity contribution is 5.35. The molecule has 0 aliphatic carbocycles. The van der Waals surface area contributed by atoms with Gasteiger partial charge in [0, 0.05) is 12.4 Å². The third-order valence-electron chi connectivity index (χ3n) is 2.10.